The van der Waals surface area contributed by atoms with Crippen LogP contribution >= 0.6 is 0 Å². The van der Waals surface area contributed by atoms with Crippen LogP contribution in [-0.4, -0.2) is 109 Å². The minimum absolute atomic E-state index is 0.0515. The van der Waals surface area contributed by atoms with E-state index in [1.54, 1.807) is 20.8 Å². The number of carbonyl (C=O) groups is 2. The van der Waals surface area contributed by atoms with Crippen LogP contribution in [0.15, 0.2) is 0 Å². The van der Waals surface area contributed by atoms with E-state index in [9.17, 15) is 45.3 Å². The summed E-state index contributed by atoms with van der Waals surface area (Å²) in [5.41, 5.74) is -5.01. The summed E-state index contributed by atoms with van der Waals surface area (Å²) in [5.74, 6) is -0.396. The molecule has 5 saturated carbocycles. The summed E-state index contributed by atoms with van der Waals surface area (Å²) in [6.45, 7) is 10.2. The van der Waals surface area contributed by atoms with E-state index in [1.165, 1.54) is 6.92 Å². The van der Waals surface area contributed by atoms with Crippen molar-refractivity contribution in [2.45, 2.75) is 154 Å². The zero-order valence-corrected chi connectivity index (χ0v) is 30.0. The van der Waals surface area contributed by atoms with E-state index in [0.29, 0.717) is 37.0 Å². The van der Waals surface area contributed by atoms with Crippen molar-refractivity contribution in [3.8, 4) is 0 Å². The molecule has 5 aliphatic carbocycles. The van der Waals surface area contributed by atoms with Gasteiger partial charge in [0.15, 0.2) is 6.29 Å². The molecule has 6 rings (SSSR count). The standard InChI is InChI=1S/C37H60O12/c1-19(11-12-36(46,32(3,4)45)18-48-20(2)38)21-7-8-22-23-9-10-25-34(6,31(43)44)27(49-30-29(42)28(41)24(39)16-47-30)15-26(40)37(25)17-35(23,37)14-13-33(21,22)5/h19,21-30,39-42,45-46H,7-18H2,1-6H3,(H,43,44)/t19-,21-,22+,23+,24-,25+,26+,27+,28+,29-,30+,33-,34+,35+,36?,37-/m1/s1. The molecule has 12 heteroatoms. The first-order valence-electron chi connectivity index (χ1n) is 18.5. The Labute approximate surface area is 289 Å². The fraction of sp³-hybridized carbons (Fsp3) is 0.946. The minimum Gasteiger partial charge on any atom is -0.481 e. The second-order valence-electron chi connectivity index (χ2n) is 18.0. The van der Waals surface area contributed by atoms with Crippen LogP contribution in [0.25, 0.3) is 0 Å². The van der Waals surface area contributed by atoms with Gasteiger partial charge in [-0.3, -0.25) is 9.59 Å². The molecule has 49 heavy (non-hydrogen) atoms. The molecule has 1 heterocycles. The lowest BCUT2D eigenvalue weighted by Gasteiger charge is -2.60. The number of aliphatic carboxylic acids is 1. The predicted octanol–water partition coefficient (Wildman–Crippen LogP) is 2.38. The molecule has 7 N–H and O–H groups in total. The molecule has 0 amide bonds. The lowest BCUT2D eigenvalue weighted by Crippen LogP contribution is -2.64. The number of carboxylic acids is 1. The number of hydrogen-bond acceptors (Lipinski definition) is 11. The molecule has 0 aromatic heterocycles. The maximum Gasteiger partial charge on any atom is 0.312 e. The third kappa shape index (κ3) is 5.44. The van der Waals surface area contributed by atoms with Gasteiger partial charge in [-0.25, -0.2) is 0 Å². The van der Waals surface area contributed by atoms with Crippen molar-refractivity contribution in [1.82, 2.24) is 0 Å². The van der Waals surface area contributed by atoms with E-state index in [2.05, 4.69) is 13.8 Å². The summed E-state index contributed by atoms with van der Waals surface area (Å²) in [6.07, 6.45) is -0.0334. The summed E-state index contributed by atoms with van der Waals surface area (Å²) in [4.78, 5) is 24.7. The van der Waals surface area contributed by atoms with Gasteiger partial charge in [0.05, 0.1) is 29.8 Å². The monoisotopic (exact) mass is 696 g/mol. The molecule has 6 fully saturated rings. The smallest absolute Gasteiger partial charge is 0.312 e. The predicted molar refractivity (Wildman–Crippen MR) is 175 cm³/mol. The molecule has 1 unspecified atom stereocenters. The van der Waals surface area contributed by atoms with Crippen molar-refractivity contribution in [2.75, 3.05) is 13.2 Å². The largest absolute Gasteiger partial charge is 0.481 e. The summed E-state index contributed by atoms with van der Waals surface area (Å²) in [6, 6.07) is 0. The first kappa shape index (κ1) is 37.4. The number of ether oxygens (including phenoxy) is 3. The zero-order valence-electron chi connectivity index (χ0n) is 30.0. The van der Waals surface area contributed by atoms with Gasteiger partial charge in [-0.1, -0.05) is 13.8 Å². The Morgan fingerprint density at radius 3 is 2.29 bits per heavy atom. The quantitative estimate of drug-likeness (QED) is 0.130. The van der Waals surface area contributed by atoms with E-state index < -0.39 is 70.8 Å². The Kier molecular flexibility index (Phi) is 9.42. The lowest BCUT2D eigenvalue weighted by molar-refractivity contribution is -0.308. The van der Waals surface area contributed by atoms with Crippen LogP contribution in [-0.2, 0) is 23.8 Å². The Morgan fingerprint density at radius 1 is 0.980 bits per heavy atom. The molecule has 1 aliphatic heterocycles. The topological polar surface area (TPSA) is 203 Å². The van der Waals surface area contributed by atoms with Crippen molar-refractivity contribution < 1.29 is 59.5 Å². The Balaban J connectivity index is 1.19. The third-order valence-corrected chi connectivity index (χ3v) is 15.6. The van der Waals surface area contributed by atoms with Gasteiger partial charge in [0.25, 0.3) is 0 Å². The van der Waals surface area contributed by atoms with Gasteiger partial charge in [0.2, 0.25) is 0 Å². The van der Waals surface area contributed by atoms with Gasteiger partial charge in [0.1, 0.15) is 30.5 Å². The number of carbonyl (C=O) groups excluding carboxylic acids is 1. The van der Waals surface area contributed by atoms with E-state index in [4.69, 9.17) is 14.2 Å². The number of carboxylic acid groups (broad SMARTS) is 1. The molecule has 2 spiro atoms. The molecule has 1 saturated heterocycles. The van der Waals surface area contributed by atoms with Crippen LogP contribution in [0.2, 0.25) is 0 Å². The van der Waals surface area contributed by atoms with Crippen molar-refractivity contribution >= 4 is 11.9 Å². The lowest BCUT2D eigenvalue weighted by atomic mass is 9.45. The molecule has 0 bridgehead atoms. The molecule has 0 aromatic carbocycles. The molecule has 12 nitrogen and oxygen atoms in total. The van der Waals surface area contributed by atoms with Crippen LogP contribution in [0.3, 0.4) is 0 Å². The highest BCUT2D eigenvalue weighted by atomic mass is 16.7. The number of esters is 1. The number of rotatable bonds is 10. The highest BCUT2D eigenvalue weighted by molar-refractivity contribution is 5.76. The summed E-state index contributed by atoms with van der Waals surface area (Å²) in [5, 5.41) is 75.7. The van der Waals surface area contributed by atoms with Crippen LogP contribution in [0.1, 0.15) is 106 Å². The maximum absolute atomic E-state index is 13.2. The van der Waals surface area contributed by atoms with Crippen molar-refractivity contribution in [3.05, 3.63) is 0 Å². The molecular weight excluding hydrogens is 636 g/mol. The summed E-state index contributed by atoms with van der Waals surface area (Å²) in [7, 11) is 0. The molecule has 0 radical (unpaired) electrons. The van der Waals surface area contributed by atoms with Crippen LogP contribution in [0.5, 0.6) is 0 Å². The number of fused-ring (bicyclic) bond motifs is 2. The van der Waals surface area contributed by atoms with Crippen molar-refractivity contribution in [1.29, 1.82) is 0 Å². The second kappa shape index (κ2) is 12.4. The maximum atomic E-state index is 13.2. The van der Waals surface area contributed by atoms with E-state index in [0.717, 1.165) is 38.5 Å². The Morgan fingerprint density at radius 2 is 1.65 bits per heavy atom. The van der Waals surface area contributed by atoms with Crippen LogP contribution in [0, 0.1) is 51.2 Å². The first-order valence-corrected chi connectivity index (χ1v) is 18.5. The van der Waals surface area contributed by atoms with Crippen molar-refractivity contribution in [2.24, 2.45) is 51.2 Å². The number of aliphatic hydroxyl groups is 6. The van der Waals surface area contributed by atoms with E-state index in [1.807, 2.05) is 0 Å². The summed E-state index contributed by atoms with van der Waals surface area (Å²) < 4.78 is 16.8. The van der Waals surface area contributed by atoms with Gasteiger partial charge >= 0.3 is 11.9 Å². The molecule has 280 valence electrons. The molecule has 16 atom stereocenters. The van der Waals surface area contributed by atoms with E-state index >= 15 is 0 Å². The fourth-order valence-corrected chi connectivity index (χ4v) is 12.5. The van der Waals surface area contributed by atoms with Crippen LogP contribution < -0.4 is 0 Å². The second-order valence-corrected chi connectivity index (χ2v) is 18.0. The van der Waals surface area contributed by atoms with Crippen LogP contribution in [0.4, 0.5) is 0 Å². The highest BCUT2D eigenvalue weighted by Crippen LogP contribution is 2.87. The number of aliphatic hydroxyl groups excluding tert-OH is 4. The molecular formula is C37H60O12. The van der Waals surface area contributed by atoms with Gasteiger partial charge in [0, 0.05) is 18.8 Å². The van der Waals surface area contributed by atoms with Gasteiger partial charge in [-0.15, -0.1) is 0 Å². The molecule has 0 aromatic rings. The Bertz CT molecular complexity index is 1290. The average Bonchev–Trinajstić information content (AvgIpc) is 3.60. The highest BCUT2D eigenvalue weighted by Gasteiger charge is 2.84. The first-order chi connectivity index (χ1) is 22.7. The average molecular weight is 697 g/mol. The Hall–Kier alpha value is -1.38. The van der Waals surface area contributed by atoms with Crippen molar-refractivity contribution in [3.63, 3.8) is 0 Å². The minimum atomic E-state index is -1.57. The molecule has 6 aliphatic rings. The van der Waals surface area contributed by atoms with Gasteiger partial charge in [-0.05, 0) is 119 Å². The number of hydrogen-bond donors (Lipinski definition) is 7. The van der Waals surface area contributed by atoms with E-state index in [-0.39, 0.29) is 42.3 Å². The van der Waals surface area contributed by atoms with Gasteiger partial charge < -0.3 is 50.0 Å². The zero-order chi connectivity index (χ0) is 36.1. The third-order valence-electron chi connectivity index (χ3n) is 15.6. The van der Waals surface area contributed by atoms with Gasteiger partial charge in [-0.2, -0.15) is 0 Å². The normalized spacial score (nSPS) is 49.4. The summed E-state index contributed by atoms with van der Waals surface area (Å²) >= 11 is 0. The fourth-order valence-electron chi connectivity index (χ4n) is 12.5. The SMILES string of the molecule is CC(=O)OCC(O)(CC[C@@H](C)[C@H]1CC[C@H]2[C@@H]3CC[C@H]4[C@](C)(C(=O)O)[C@@H](O[C@@H]5OC[C@@H](O)[C@H](O)[C@H]5O)C[C@H](O)[C@@]45C[C@@]35CC[C@]12C)C(C)(C)O.